The molecule has 0 bridgehead atoms. The molecular formula is C24H22N2. The first-order valence-corrected chi connectivity index (χ1v) is 9.24. The summed E-state index contributed by atoms with van der Waals surface area (Å²) < 4.78 is 0. The lowest BCUT2D eigenvalue weighted by atomic mass is 9.85. The molecule has 0 spiro atoms. The van der Waals surface area contributed by atoms with E-state index in [9.17, 15) is 0 Å². The highest BCUT2D eigenvalue weighted by Gasteiger charge is 2.36. The van der Waals surface area contributed by atoms with Crippen LogP contribution < -0.4 is 10.6 Å². The Kier molecular flexibility index (Phi) is 3.47. The van der Waals surface area contributed by atoms with E-state index in [1.807, 2.05) is 0 Å². The van der Waals surface area contributed by atoms with Crippen molar-refractivity contribution in [3.8, 4) is 11.1 Å². The van der Waals surface area contributed by atoms with Crippen LogP contribution >= 0.6 is 0 Å². The van der Waals surface area contributed by atoms with E-state index in [-0.39, 0.29) is 5.66 Å². The van der Waals surface area contributed by atoms with E-state index < -0.39 is 0 Å². The van der Waals surface area contributed by atoms with Gasteiger partial charge in [-0.25, -0.2) is 0 Å². The first-order valence-electron chi connectivity index (χ1n) is 9.24. The van der Waals surface area contributed by atoms with Gasteiger partial charge < -0.3 is 5.32 Å². The Morgan fingerprint density at radius 3 is 2.42 bits per heavy atom. The summed E-state index contributed by atoms with van der Waals surface area (Å²) in [5, 5.41) is 7.58. The molecule has 5 rings (SSSR count). The monoisotopic (exact) mass is 338 g/mol. The normalized spacial score (nSPS) is 23.2. The number of nitrogens with one attached hydrogen (secondary N) is 2. The van der Waals surface area contributed by atoms with E-state index in [0.717, 1.165) is 6.42 Å². The van der Waals surface area contributed by atoms with Crippen LogP contribution in [0.4, 0.5) is 5.69 Å². The van der Waals surface area contributed by atoms with Gasteiger partial charge in [0.1, 0.15) is 5.66 Å². The Balaban J connectivity index is 1.51. The Labute approximate surface area is 154 Å². The van der Waals surface area contributed by atoms with E-state index in [0.29, 0.717) is 6.04 Å². The molecule has 3 aromatic carbocycles. The lowest BCUT2D eigenvalue weighted by molar-refractivity contribution is 0.339. The van der Waals surface area contributed by atoms with Crippen LogP contribution in [-0.4, -0.2) is 0 Å². The van der Waals surface area contributed by atoms with Crippen LogP contribution in [0.2, 0.25) is 0 Å². The third-order valence-corrected chi connectivity index (χ3v) is 5.57. The van der Waals surface area contributed by atoms with E-state index in [4.69, 9.17) is 0 Å². The lowest BCUT2D eigenvalue weighted by Gasteiger charge is -2.44. The summed E-state index contributed by atoms with van der Waals surface area (Å²) in [4.78, 5) is 0. The second kappa shape index (κ2) is 5.86. The van der Waals surface area contributed by atoms with E-state index in [2.05, 4.69) is 103 Å². The van der Waals surface area contributed by atoms with Gasteiger partial charge in [0.05, 0.1) is 0 Å². The molecule has 1 aliphatic carbocycles. The molecule has 0 fully saturated rings. The Bertz CT molecular complexity index is 973. The summed E-state index contributed by atoms with van der Waals surface area (Å²) in [5.74, 6) is 0. The fraction of sp³-hybridized carbons (Fsp3) is 0.167. The SMILES string of the molecule is CC1(c2ccc(-c3ccccc3)cc2)Nc2cccc3c2C(CC=C3)N1. The molecule has 26 heavy (non-hydrogen) atoms. The van der Waals surface area contributed by atoms with Gasteiger partial charge in [-0.1, -0.05) is 78.9 Å². The van der Waals surface area contributed by atoms with Crippen LogP contribution in [0.5, 0.6) is 0 Å². The van der Waals surface area contributed by atoms with Gasteiger partial charge in [0.2, 0.25) is 0 Å². The zero-order chi connectivity index (χ0) is 17.6. The third kappa shape index (κ3) is 2.46. The largest absolute Gasteiger partial charge is 0.363 e. The van der Waals surface area contributed by atoms with Gasteiger partial charge in [0.15, 0.2) is 0 Å². The Morgan fingerprint density at radius 1 is 0.846 bits per heavy atom. The van der Waals surface area contributed by atoms with E-state index in [1.165, 1.54) is 33.5 Å². The lowest BCUT2D eigenvalue weighted by Crippen LogP contribution is -2.51. The number of benzene rings is 3. The fourth-order valence-electron chi connectivity index (χ4n) is 4.24. The van der Waals surface area contributed by atoms with Crippen molar-refractivity contribution in [2.45, 2.75) is 25.0 Å². The molecule has 0 aromatic heterocycles. The van der Waals surface area contributed by atoms with Crippen molar-refractivity contribution in [1.29, 1.82) is 0 Å². The van der Waals surface area contributed by atoms with Crippen LogP contribution in [0.1, 0.15) is 36.1 Å². The summed E-state index contributed by atoms with van der Waals surface area (Å²) in [6, 6.07) is 26.3. The minimum atomic E-state index is -0.281. The molecular weight excluding hydrogens is 316 g/mol. The van der Waals surface area contributed by atoms with Crippen LogP contribution in [0.3, 0.4) is 0 Å². The van der Waals surface area contributed by atoms with Gasteiger partial charge in [0, 0.05) is 11.7 Å². The number of anilines is 1. The highest BCUT2D eigenvalue weighted by atomic mass is 15.2. The molecule has 0 amide bonds. The minimum Gasteiger partial charge on any atom is -0.363 e. The first kappa shape index (κ1) is 15.4. The average Bonchev–Trinajstić information content (AvgIpc) is 2.69. The molecule has 2 aliphatic rings. The molecule has 2 heteroatoms. The minimum absolute atomic E-state index is 0.281. The second-order valence-electron chi connectivity index (χ2n) is 7.34. The summed E-state index contributed by atoms with van der Waals surface area (Å²) >= 11 is 0. The van der Waals surface area contributed by atoms with Gasteiger partial charge in [-0.15, -0.1) is 0 Å². The maximum Gasteiger partial charge on any atom is 0.112 e. The van der Waals surface area contributed by atoms with Crippen molar-refractivity contribution in [3.05, 3.63) is 95.6 Å². The molecule has 128 valence electrons. The summed E-state index contributed by atoms with van der Waals surface area (Å²) in [6.07, 6.45) is 5.54. The quantitative estimate of drug-likeness (QED) is 0.626. The van der Waals surface area contributed by atoms with Gasteiger partial charge in [-0.05, 0) is 47.2 Å². The number of hydrogen-bond acceptors (Lipinski definition) is 2. The highest BCUT2D eigenvalue weighted by Crippen LogP contribution is 2.42. The zero-order valence-electron chi connectivity index (χ0n) is 14.9. The average molecular weight is 338 g/mol. The van der Waals surface area contributed by atoms with Crippen molar-refractivity contribution in [2.75, 3.05) is 5.32 Å². The maximum absolute atomic E-state index is 3.84. The molecule has 1 heterocycles. The maximum atomic E-state index is 3.84. The predicted octanol–water partition coefficient (Wildman–Crippen LogP) is 5.70. The van der Waals surface area contributed by atoms with Crippen LogP contribution in [0.25, 0.3) is 17.2 Å². The zero-order valence-corrected chi connectivity index (χ0v) is 14.9. The van der Waals surface area contributed by atoms with Crippen molar-refractivity contribution >= 4 is 11.8 Å². The van der Waals surface area contributed by atoms with Crippen molar-refractivity contribution in [2.24, 2.45) is 0 Å². The van der Waals surface area contributed by atoms with Crippen LogP contribution in [-0.2, 0) is 5.66 Å². The summed E-state index contributed by atoms with van der Waals surface area (Å²) in [7, 11) is 0. The molecule has 2 atom stereocenters. The fourth-order valence-corrected chi connectivity index (χ4v) is 4.24. The summed E-state index contributed by atoms with van der Waals surface area (Å²) in [6.45, 7) is 2.23. The second-order valence-corrected chi connectivity index (χ2v) is 7.34. The van der Waals surface area contributed by atoms with Gasteiger partial charge in [-0.2, -0.15) is 0 Å². The van der Waals surface area contributed by atoms with Crippen LogP contribution in [0.15, 0.2) is 78.9 Å². The highest BCUT2D eigenvalue weighted by molar-refractivity contribution is 5.70. The number of hydrogen-bond donors (Lipinski definition) is 2. The van der Waals surface area contributed by atoms with Crippen molar-refractivity contribution in [3.63, 3.8) is 0 Å². The molecule has 1 aliphatic heterocycles. The Hall–Kier alpha value is -2.84. The van der Waals surface area contributed by atoms with Gasteiger partial charge in [0.25, 0.3) is 0 Å². The molecule has 0 radical (unpaired) electrons. The van der Waals surface area contributed by atoms with E-state index in [1.54, 1.807) is 0 Å². The Morgan fingerprint density at radius 2 is 1.62 bits per heavy atom. The van der Waals surface area contributed by atoms with Gasteiger partial charge in [-0.3, -0.25) is 5.32 Å². The molecule has 2 nitrogen and oxygen atoms in total. The first-order chi connectivity index (χ1) is 12.7. The summed E-state index contributed by atoms with van der Waals surface area (Å²) in [5.41, 5.74) is 7.43. The van der Waals surface area contributed by atoms with Crippen molar-refractivity contribution < 1.29 is 0 Å². The third-order valence-electron chi connectivity index (χ3n) is 5.57. The number of rotatable bonds is 2. The standard InChI is InChI=1S/C24H22N2/c1-24(20-15-13-18(14-16-20)17-7-3-2-4-8-17)25-21-11-5-9-19-10-6-12-22(26-24)23(19)21/h2-11,13-16,22,25-26H,12H2,1H3. The van der Waals surface area contributed by atoms with Crippen molar-refractivity contribution in [1.82, 2.24) is 5.32 Å². The molecule has 2 N–H and O–H groups in total. The molecule has 0 saturated heterocycles. The van der Waals surface area contributed by atoms with Gasteiger partial charge >= 0.3 is 0 Å². The molecule has 0 saturated carbocycles. The molecule has 2 unspecified atom stereocenters. The predicted molar refractivity (Wildman–Crippen MR) is 109 cm³/mol. The van der Waals surface area contributed by atoms with E-state index >= 15 is 0 Å². The molecule has 3 aromatic rings. The van der Waals surface area contributed by atoms with Crippen LogP contribution in [0, 0.1) is 0 Å². The topological polar surface area (TPSA) is 24.1 Å². The smallest absolute Gasteiger partial charge is 0.112 e.